The molecule has 2 aliphatic rings. The molecule has 1 aliphatic carbocycles. The molecule has 0 bridgehead atoms. The van der Waals surface area contributed by atoms with Gasteiger partial charge in [0.1, 0.15) is 5.69 Å². The Balaban J connectivity index is 0.000000628. The third kappa shape index (κ3) is 3.85. The first-order chi connectivity index (χ1) is 15.2. The standard InChI is InChI=1S/C19H15ClFN5OS.C3H6/c20-15-14(10-3-4-12-13(7-10)28-19(24-12)22-9-27)11-8-23-25-17(11)18(16(15)21)26-5-1-2-6-26;1-2-3-1/h3-4,7-9H,1-2,5-6H2,(H,23,25)(H,22,24,27);1-3H2. The molecule has 2 N–H and O–H groups in total. The average Bonchev–Trinajstić information content (AvgIpc) is 3.24. The summed E-state index contributed by atoms with van der Waals surface area (Å²) in [7, 11) is 0. The van der Waals surface area contributed by atoms with Crippen LogP contribution in [0.15, 0.2) is 24.4 Å². The zero-order valence-corrected chi connectivity index (χ0v) is 18.3. The van der Waals surface area contributed by atoms with Gasteiger partial charge < -0.3 is 10.2 Å². The van der Waals surface area contributed by atoms with E-state index in [1.54, 1.807) is 6.20 Å². The highest BCUT2D eigenvalue weighted by Crippen LogP contribution is 2.44. The zero-order valence-electron chi connectivity index (χ0n) is 16.8. The van der Waals surface area contributed by atoms with E-state index in [0.29, 0.717) is 28.3 Å². The number of hydrogen-bond donors (Lipinski definition) is 2. The summed E-state index contributed by atoms with van der Waals surface area (Å²) in [6, 6.07) is 5.60. The van der Waals surface area contributed by atoms with Gasteiger partial charge in [-0.15, -0.1) is 0 Å². The first kappa shape index (κ1) is 20.2. The summed E-state index contributed by atoms with van der Waals surface area (Å²) >= 11 is 7.89. The number of nitrogens with one attached hydrogen (secondary N) is 2. The highest BCUT2D eigenvalue weighted by Gasteiger charge is 2.26. The Morgan fingerprint density at radius 1 is 1.19 bits per heavy atom. The lowest BCUT2D eigenvalue weighted by Gasteiger charge is -2.21. The lowest BCUT2D eigenvalue weighted by molar-refractivity contribution is -0.105. The van der Waals surface area contributed by atoms with Crippen LogP contribution < -0.4 is 10.2 Å². The van der Waals surface area contributed by atoms with E-state index in [2.05, 4.69) is 20.5 Å². The molecule has 3 heterocycles. The third-order valence-corrected chi connectivity index (χ3v) is 6.71. The van der Waals surface area contributed by atoms with Gasteiger partial charge in [-0.05, 0) is 30.5 Å². The van der Waals surface area contributed by atoms with E-state index in [0.717, 1.165) is 47.1 Å². The highest BCUT2D eigenvalue weighted by atomic mass is 35.5. The average molecular weight is 458 g/mol. The number of anilines is 2. The molecule has 0 unspecified atom stereocenters. The second kappa shape index (κ2) is 8.43. The summed E-state index contributed by atoms with van der Waals surface area (Å²) in [6.07, 6.45) is 8.85. The number of rotatable bonds is 4. The predicted molar refractivity (Wildman–Crippen MR) is 125 cm³/mol. The van der Waals surface area contributed by atoms with Crippen molar-refractivity contribution >= 4 is 61.3 Å². The smallest absolute Gasteiger partial charge is 0.213 e. The van der Waals surface area contributed by atoms with E-state index < -0.39 is 5.82 Å². The molecule has 2 aromatic heterocycles. The number of aromatic nitrogens is 3. The number of nitrogens with zero attached hydrogens (tertiary/aromatic N) is 3. The van der Waals surface area contributed by atoms with E-state index in [4.69, 9.17) is 11.6 Å². The monoisotopic (exact) mass is 457 g/mol. The van der Waals surface area contributed by atoms with Crippen molar-refractivity contribution in [2.75, 3.05) is 23.3 Å². The summed E-state index contributed by atoms with van der Waals surface area (Å²) in [5.41, 5.74) is 3.29. The van der Waals surface area contributed by atoms with Crippen molar-refractivity contribution in [3.8, 4) is 11.1 Å². The largest absolute Gasteiger partial charge is 0.367 e. The molecule has 0 spiro atoms. The van der Waals surface area contributed by atoms with Gasteiger partial charge in [0, 0.05) is 24.0 Å². The lowest BCUT2D eigenvalue weighted by Crippen LogP contribution is -2.19. The van der Waals surface area contributed by atoms with Crippen molar-refractivity contribution < 1.29 is 9.18 Å². The fourth-order valence-corrected chi connectivity index (χ4v) is 4.97. The summed E-state index contributed by atoms with van der Waals surface area (Å²) in [5, 5.41) is 11.1. The van der Waals surface area contributed by atoms with Gasteiger partial charge in [-0.2, -0.15) is 5.10 Å². The third-order valence-electron chi connectivity index (χ3n) is 5.40. The Kier molecular flexibility index (Phi) is 5.50. The van der Waals surface area contributed by atoms with E-state index in [-0.39, 0.29) is 5.02 Å². The van der Waals surface area contributed by atoms with Crippen molar-refractivity contribution in [1.29, 1.82) is 0 Å². The summed E-state index contributed by atoms with van der Waals surface area (Å²) in [4.78, 5) is 17.0. The Bertz CT molecular complexity index is 1260. The highest BCUT2D eigenvalue weighted by molar-refractivity contribution is 7.22. The molecule has 31 heavy (non-hydrogen) atoms. The van der Waals surface area contributed by atoms with Crippen molar-refractivity contribution in [3.05, 3.63) is 35.2 Å². The molecule has 1 amide bonds. The number of hydrogen-bond acceptors (Lipinski definition) is 5. The van der Waals surface area contributed by atoms with Gasteiger partial charge in [0.25, 0.3) is 0 Å². The normalized spacial score (nSPS) is 15.2. The van der Waals surface area contributed by atoms with Crippen molar-refractivity contribution in [2.24, 2.45) is 0 Å². The Morgan fingerprint density at radius 2 is 1.97 bits per heavy atom. The lowest BCUT2D eigenvalue weighted by atomic mass is 10.00. The molecule has 6 nitrogen and oxygen atoms in total. The maximum absolute atomic E-state index is 15.3. The quantitative estimate of drug-likeness (QED) is 0.370. The molecule has 4 aromatic rings. The van der Waals surface area contributed by atoms with Crippen LogP contribution in [0.1, 0.15) is 32.1 Å². The van der Waals surface area contributed by atoms with Crippen LogP contribution in [0.4, 0.5) is 15.2 Å². The molecule has 0 atom stereocenters. The number of carbonyl (C=O) groups is 1. The molecule has 160 valence electrons. The molecule has 1 saturated carbocycles. The minimum Gasteiger partial charge on any atom is -0.367 e. The Morgan fingerprint density at radius 3 is 2.68 bits per heavy atom. The molecule has 1 saturated heterocycles. The van der Waals surface area contributed by atoms with E-state index in [1.807, 2.05) is 23.1 Å². The van der Waals surface area contributed by atoms with E-state index in [1.165, 1.54) is 30.6 Å². The fourth-order valence-electron chi connectivity index (χ4n) is 3.81. The van der Waals surface area contributed by atoms with Crippen LogP contribution in [0.25, 0.3) is 32.2 Å². The van der Waals surface area contributed by atoms with Crippen molar-refractivity contribution in [3.63, 3.8) is 0 Å². The number of carbonyl (C=O) groups excluding carboxylic acids is 1. The topological polar surface area (TPSA) is 73.9 Å². The summed E-state index contributed by atoms with van der Waals surface area (Å²) in [5.74, 6) is -0.428. The SMILES string of the molecule is C1CC1.O=CNc1nc2ccc(-c3c(Cl)c(F)c(N4CCCC4)c4[nH]ncc34)cc2s1. The number of benzene rings is 2. The number of thiazole rings is 1. The number of H-pyrrole nitrogens is 1. The van der Waals surface area contributed by atoms with Gasteiger partial charge in [0.15, 0.2) is 10.9 Å². The predicted octanol–water partition coefficient (Wildman–Crippen LogP) is 5.97. The number of aromatic amines is 1. The van der Waals surface area contributed by atoms with Crippen LogP contribution in [-0.2, 0) is 4.79 Å². The first-order valence-electron chi connectivity index (χ1n) is 10.4. The van der Waals surface area contributed by atoms with Crippen LogP contribution in [0, 0.1) is 5.82 Å². The summed E-state index contributed by atoms with van der Waals surface area (Å²) in [6.45, 7) is 1.61. The molecule has 2 fully saturated rings. The van der Waals surface area contributed by atoms with Crippen LogP contribution in [0.2, 0.25) is 5.02 Å². The molecule has 2 aromatic carbocycles. The summed E-state index contributed by atoms with van der Waals surface area (Å²) < 4.78 is 16.2. The van der Waals surface area contributed by atoms with Gasteiger partial charge in [0.05, 0.1) is 27.0 Å². The second-order valence-corrected chi connectivity index (χ2v) is 9.14. The van der Waals surface area contributed by atoms with Gasteiger partial charge in [-0.25, -0.2) is 9.37 Å². The minimum absolute atomic E-state index is 0.0888. The molecule has 1 aliphatic heterocycles. The van der Waals surface area contributed by atoms with E-state index >= 15 is 4.39 Å². The van der Waals surface area contributed by atoms with Crippen LogP contribution in [-0.4, -0.2) is 34.7 Å². The maximum atomic E-state index is 15.3. The van der Waals surface area contributed by atoms with Crippen LogP contribution >= 0.6 is 22.9 Å². The van der Waals surface area contributed by atoms with Crippen molar-refractivity contribution in [2.45, 2.75) is 32.1 Å². The number of halogens is 2. The second-order valence-electron chi connectivity index (χ2n) is 7.73. The molecular weight excluding hydrogens is 437 g/mol. The van der Waals surface area contributed by atoms with Crippen LogP contribution in [0.5, 0.6) is 0 Å². The Hall–Kier alpha value is -2.71. The first-order valence-corrected chi connectivity index (χ1v) is 11.6. The molecule has 6 rings (SSSR count). The van der Waals surface area contributed by atoms with Crippen molar-refractivity contribution in [1.82, 2.24) is 15.2 Å². The Labute approximate surface area is 187 Å². The minimum atomic E-state index is -0.428. The van der Waals surface area contributed by atoms with Gasteiger partial charge in [-0.1, -0.05) is 48.3 Å². The fraction of sp³-hybridized carbons (Fsp3) is 0.318. The molecular formula is C22H21ClFN5OS. The van der Waals surface area contributed by atoms with Gasteiger partial charge in [0.2, 0.25) is 6.41 Å². The van der Waals surface area contributed by atoms with Gasteiger partial charge in [-0.3, -0.25) is 9.89 Å². The maximum Gasteiger partial charge on any atom is 0.213 e. The molecule has 0 radical (unpaired) electrons. The van der Waals surface area contributed by atoms with E-state index in [9.17, 15) is 4.79 Å². The zero-order chi connectivity index (χ0) is 21.4. The number of fused-ring (bicyclic) bond motifs is 2. The van der Waals surface area contributed by atoms with Crippen LogP contribution in [0.3, 0.4) is 0 Å². The molecule has 9 heteroatoms. The van der Waals surface area contributed by atoms with Gasteiger partial charge >= 0.3 is 0 Å². The number of amides is 1.